The Balaban J connectivity index is 2.19. The third-order valence-corrected chi connectivity index (χ3v) is 3.17. The molecule has 2 rings (SSSR count). The summed E-state index contributed by atoms with van der Waals surface area (Å²) in [7, 11) is 0. The van der Waals surface area contributed by atoms with Gasteiger partial charge in [-0.2, -0.15) is 0 Å². The number of benzene rings is 1. The van der Waals surface area contributed by atoms with Crippen LogP contribution in [0, 0.1) is 6.92 Å². The number of rotatable bonds is 4. The van der Waals surface area contributed by atoms with Gasteiger partial charge in [-0.25, -0.2) is 4.39 Å². The number of hydrogen-bond donors (Lipinski definition) is 2. The van der Waals surface area contributed by atoms with E-state index in [0.29, 0.717) is 11.9 Å². The first kappa shape index (κ1) is 13.7. The number of nitrogens with one attached hydrogen (secondary N) is 1. The molecular weight excluding hydrogens is 247 g/mol. The lowest BCUT2D eigenvalue weighted by Gasteiger charge is -2.27. The third-order valence-electron chi connectivity index (χ3n) is 3.17. The topological polar surface area (TPSA) is 64.3 Å². The predicted molar refractivity (Wildman–Crippen MR) is 71.4 cm³/mol. The van der Waals surface area contributed by atoms with Gasteiger partial charge >= 0.3 is 0 Å². The second kappa shape index (κ2) is 5.95. The summed E-state index contributed by atoms with van der Waals surface area (Å²) in [5, 5.41) is 2.84. The average Bonchev–Trinajstić information content (AvgIpc) is 2.41. The summed E-state index contributed by atoms with van der Waals surface area (Å²) in [6, 6.07) is 5.75. The normalized spacial score (nSPS) is 19.0. The Labute approximate surface area is 111 Å². The van der Waals surface area contributed by atoms with Gasteiger partial charge in [0, 0.05) is 17.8 Å². The molecule has 1 heterocycles. The maximum absolute atomic E-state index is 12.4. The number of carbonyl (C=O) groups excluding carboxylic acids is 1. The van der Waals surface area contributed by atoms with Gasteiger partial charge in [0.2, 0.25) is 5.91 Å². The Morgan fingerprint density at radius 1 is 1.63 bits per heavy atom. The molecule has 0 bridgehead atoms. The van der Waals surface area contributed by atoms with Gasteiger partial charge in [-0.05, 0) is 18.1 Å². The van der Waals surface area contributed by atoms with E-state index in [1.165, 1.54) is 0 Å². The average molecular weight is 264 g/mol. The lowest BCUT2D eigenvalue weighted by atomic mass is 9.97. The number of amides is 1. The van der Waals surface area contributed by atoms with Crippen molar-refractivity contribution in [3.63, 3.8) is 0 Å². The summed E-state index contributed by atoms with van der Waals surface area (Å²) in [6.07, 6.45) is 0.339. The highest BCUT2D eigenvalue weighted by molar-refractivity contribution is 5.95. The first-order valence-corrected chi connectivity index (χ1v) is 6.15. The minimum atomic E-state index is -0.356. The van der Waals surface area contributed by atoms with Crippen LogP contribution in [-0.2, 0) is 9.53 Å². The fourth-order valence-electron chi connectivity index (χ4n) is 2.09. The van der Waals surface area contributed by atoms with Gasteiger partial charge < -0.3 is 15.8 Å². The molecule has 5 heteroatoms. The molecule has 0 aliphatic carbocycles. The summed E-state index contributed by atoms with van der Waals surface area (Å²) in [5.41, 5.74) is 8.46. The van der Waals surface area contributed by atoms with E-state index in [-0.39, 0.29) is 31.6 Å². The predicted octanol–water partition coefficient (Wildman–Crippen LogP) is 2.21. The van der Waals surface area contributed by atoms with Crippen LogP contribution in [-0.4, -0.2) is 19.1 Å². The molecule has 0 saturated heterocycles. The van der Waals surface area contributed by atoms with Crippen molar-refractivity contribution in [2.45, 2.75) is 19.4 Å². The first-order valence-electron chi connectivity index (χ1n) is 6.15. The van der Waals surface area contributed by atoms with E-state index < -0.39 is 0 Å². The minimum Gasteiger partial charge on any atom is -0.368 e. The highest BCUT2D eigenvalue weighted by Crippen LogP contribution is 2.35. The summed E-state index contributed by atoms with van der Waals surface area (Å²) in [5.74, 6) is -0.0923. The molecule has 1 amide bonds. The van der Waals surface area contributed by atoms with E-state index in [0.717, 1.165) is 16.8 Å². The minimum absolute atomic E-state index is 0.0923. The molecule has 1 aromatic carbocycles. The van der Waals surface area contributed by atoms with Crippen molar-refractivity contribution >= 4 is 11.6 Å². The number of anilines is 1. The van der Waals surface area contributed by atoms with Crippen LogP contribution in [0.4, 0.5) is 10.1 Å². The fourth-order valence-corrected chi connectivity index (χ4v) is 2.09. The maximum atomic E-state index is 12.4. The molecule has 1 unspecified atom stereocenters. The number of aryl methyl sites for hydroxylation is 1. The molecule has 0 radical (unpaired) electrons. The highest BCUT2D eigenvalue weighted by atomic mass is 19.1. The van der Waals surface area contributed by atoms with Crippen molar-refractivity contribution in [3.05, 3.63) is 41.2 Å². The van der Waals surface area contributed by atoms with Crippen LogP contribution in [0.3, 0.4) is 0 Å². The molecule has 0 aromatic heterocycles. The molecule has 4 nitrogen and oxygen atoms in total. The van der Waals surface area contributed by atoms with Crippen LogP contribution in [0.25, 0.3) is 0 Å². The SMILES string of the molecule is Cc1cccc2c1NC(=O)CC2OC/C(=C/F)CN. The second-order valence-corrected chi connectivity index (χ2v) is 4.56. The summed E-state index contributed by atoms with van der Waals surface area (Å²) in [6.45, 7) is 2.13. The van der Waals surface area contributed by atoms with Crippen molar-refractivity contribution in [1.29, 1.82) is 0 Å². The first-order chi connectivity index (χ1) is 9.15. The molecular formula is C14H17FN2O2. The van der Waals surface area contributed by atoms with E-state index in [4.69, 9.17) is 10.5 Å². The molecule has 0 spiro atoms. The summed E-state index contributed by atoms with van der Waals surface area (Å²) in [4.78, 5) is 11.7. The molecule has 1 atom stereocenters. The standard InChI is InChI=1S/C14H17FN2O2/c1-9-3-2-4-11-12(5-13(18)17-14(9)11)19-8-10(6-15)7-16/h2-4,6,12H,5,7-8,16H2,1H3,(H,17,18)/b10-6+. The number of carbonyl (C=O) groups is 1. The molecule has 1 aliphatic rings. The molecule has 0 saturated carbocycles. The Bertz CT molecular complexity index is 514. The Kier molecular flexibility index (Phi) is 4.29. The van der Waals surface area contributed by atoms with E-state index >= 15 is 0 Å². The highest BCUT2D eigenvalue weighted by Gasteiger charge is 2.26. The molecule has 0 fully saturated rings. The molecule has 1 aliphatic heterocycles. The zero-order valence-corrected chi connectivity index (χ0v) is 10.8. The number of ether oxygens (including phenoxy) is 1. The maximum Gasteiger partial charge on any atom is 0.227 e. The van der Waals surface area contributed by atoms with Gasteiger partial charge in [0.25, 0.3) is 0 Å². The zero-order chi connectivity index (χ0) is 13.8. The van der Waals surface area contributed by atoms with Crippen molar-refractivity contribution in [1.82, 2.24) is 0 Å². The van der Waals surface area contributed by atoms with E-state index in [1.807, 2.05) is 25.1 Å². The molecule has 19 heavy (non-hydrogen) atoms. The number of halogens is 1. The lowest BCUT2D eigenvalue weighted by molar-refractivity contribution is -0.119. The van der Waals surface area contributed by atoms with Gasteiger partial charge in [0.1, 0.15) is 0 Å². The van der Waals surface area contributed by atoms with Crippen LogP contribution in [0.15, 0.2) is 30.1 Å². The number of nitrogens with two attached hydrogens (primary N) is 1. The number of para-hydroxylation sites is 1. The molecule has 1 aromatic rings. The fraction of sp³-hybridized carbons (Fsp3) is 0.357. The van der Waals surface area contributed by atoms with Crippen LogP contribution in [0.1, 0.15) is 23.7 Å². The van der Waals surface area contributed by atoms with E-state index in [9.17, 15) is 9.18 Å². The van der Waals surface area contributed by atoms with Crippen molar-refractivity contribution in [3.8, 4) is 0 Å². The van der Waals surface area contributed by atoms with Gasteiger partial charge in [-0.3, -0.25) is 4.79 Å². The monoisotopic (exact) mass is 264 g/mol. The Morgan fingerprint density at radius 2 is 2.42 bits per heavy atom. The lowest BCUT2D eigenvalue weighted by Crippen LogP contribution is -2.26. The second-order valence-electron chi connectivity index (χ2n) is 4.56. The van der Waals surface area contributed by atoms with Crippen molar-refractivity contribution in [2.75, 3.05) is 18.5 Å². The zero-order valence-electron chi connectivity index (χ0n) is 10.8. The summed E-state index contributed by atoms with van der Waals surface area (Å²) < 4.78 is 18.1. The van der Waals surface area contributed by atoms with Crippen molar-refractivity contribution in [2.24, 2.45) is 5.73 Å². The van der Waals surface area contributed by atoms with Crippen LogP contribution in [0.5, 0.6) is 0 Å². The Hall–Kier alpha value is -1.72. The quantitative estimate of drug-likeness (QED) is 0.876. The largest absolute Gasteiger partial charge is 0.368 e. The van der Waals surface area contributed by atoms with E-state index in [1.54, 1.807) is 0 Å². The van der Waals surface area contributed by atoms with Crippen LogP contribution in [0.2, 0.25) is 0 Å². The van der Waals surface area contributed by atoms with Crippen LogP contribution < -0.4 is 11.1 Å². The smallest absolute Gasteiger partial charge is 0.227 e. The van der Waals surface area contributed by atoms with Gasteiger partial charge in [0.15, 0.2) is 0 Å². The van der Waals surface area contributed by atoms with Crippen LogP contribution >= 0.6 is 0 Å². The number of fused-ring (bicyclic) bond motifs is 1. The third kappa shape index (κ3) is 3.00. The number of hydrogen-bond acceptors (Lipinski definition) is 3. The van der Waals surface area contributed by atoms with Gasteiger partial charge in [-0.1, -0.05) is 18.2 Å². The Morgan fingerprint density at radius 3 is 3.11 bits per heavy atom. The summed E-state index contributed by atoms with van der Waals surface area (Å²) >= 11 is 0. The van der Waals surface area contributed by atoms with Gasteiger partial charge in [0.05, 0.1) is 25.5 Å². The molecule has 3 N–H and O–H groups in total. The molecule has 102 valence electrons. The van der Waals surface area contributed by atoms with E-state index in [2.05, 4.69) is 5.32 Å². The van der Waals surface area contributed by atoms with Gasteiger partial charge in [-0.15, -0.1) is 0 Å². The van der Waals surface area contributed by atoms with Crippen molar-refractivity contribution < 1.29 is 13.9 Å².